The molecule has 1 fully saturated rings. The van der Waals surface area contributed by atoms with E-state index in [2.05, 4.69) is 0 Å². The Morgan fingerprint density at radius 3 is 2.44 bits per heavy atom. The van der Waals surface area contributed by atoms with E-state index in [-0.39, 0.29) is 24.3 Å². The number of piperidine rings is 1. The minimum Gasteiger partial charge on any atom is -0.493 e. The van der Waals surface area contributed by atoms with Gasteiger partial charge in [0, 0.05) is 32.6 Å². The van der Waals surface area contributed by atoms with Crippen LogP contribution in [0.25, 0.3) is 0 Å². The van der Waals surface area contributed by atoms with Crippen LogP contribution in [0.5, 0.6) is 5.75 Å². The van der Waals surface area contributed by atoms with Gasteiger partial charge in [0.05, 0.1) is 18.9 Å². The molecule has 0 saturated carbocycles. The van der Waals surface area contributed by atoms with E-state index < -0.39 is 11.9 Å². The van der Waals surface area contributed by atoms with Gasteiger partial charge in [-0.1, -0.05) is 25.1 Å². The normalized spacial score (nSPS) is 15.9. The Labute approximate surface area is 159 Å². The molecule has 1 aromatic carbocycles. The molecule has 7 nitrogen and oxygen atoms in total. The van der Waals surface area contributed by atoms with Crippen molar-refractivity contribution in [2.45, 2.75) is 26.2 Å². The Hall–Kier alpha value is -2.57. The molecule has 7 heteroatoms. The molecule has 27 heavy (non-hydrogen) atoms. The van der Waals surface area contributed by atoms with Crippen LogP contribution in [0.15, 0.2) is 30.3 Å². The lowest BCUT2D eigenvalue weighted by atomic mass is 9.95. The fourth-order valence-electron chi connectivity index (χ4n) is 3.20. The van der Waals surface area contributed by atoms with Crippen LogP contribution in [0.2, 0.25) is 0 Å². The van der Waals surface area contributed by atoms with Crippen molar-refractivity contribution in [1.82, 2.24) is 9.80 Å². The maximum Gasteiger partial charge on any atom is 0.308 e. The maximum absolute atomic E-state index is 12.5. The molecule has 0 spiro atoms. The fourth-order valence-corrected chi connectivity index (χ4v) is 3.20. The summed E-state index contributed by atoms with van der Waals surface area (Å²) in [5, 5.41) is 8.97. The second-order valence-electron chi connectivity index (χ2n) is 7.02. The second kappa shape index (κ2) is 9.94. The number of hydrogen-bond acceptors (Lipinski definition) is 4. The van der Waals surface area contributed by atoms with Crippen LogP contribution in [0.3, 0.4) is 0 Å². The highest BCUT2D eigenvalue weighted by molar-refractivity contribution is 5.80. The number of ether oxygens (including phenoxy) is 1. The number of benzene rings is 1. The average molecular weight is 376 g/mol. The first-order valence-electron chi connectivity index (χ1n) is 9.32. The number of carboxylic acids is 1. The van der Waals surface area contributed by atoms with Crippen molar-refractivity contribution in [2.24, 2.45) is 11.8 Å². The molecule has 1 aromatic rings. The average Bonchev–Trinajstić information content (AvgIpc) is 2.68. The summed E-state index contributed by atoms with van der Waals surface area (Å²) >= 11 is 0. The van der Waals surface area contributed by atoms with Gasteiger partial charge < -0.3 is 19.6 Å². The first-order valence-corrected chi connectivity index (χ1v) is 9.32. The number of hydrogen-bond donors (Lipinski definition) is 1. The first kappa shape index (κ1) is 20.7. The quantitative estimate of drug-likeness (QED) is 0.748. The van der Waals surface area contributed by atoms with Crippen molar-refractivity contribution in [3.05, 3.63) is 30.3 Å². The van der Waals surface area contributed by atoms with Crippen LogP contribution in [-0.2, 0) is 14.4 Å². The third kappa shape index (κ3) is 6.27. The topological polar surface area (TPSA) is 87.2 Å². The van der Waals surface area contributed by atoms with E-state index in [1.807, 2.05) is 30.3 Å². The van der Waals surface area contributed by atoms with Gasteiger partial charge in [0.2, 0.25) is 11.8 Å². The molecule has 1 atom stereocenters. The van der Waals surface area contributed by atoms with Crippen molar-refractivity contribution < 1.29 is 24.2 Å². The molecular weight excluding hydrogens is 348 g/mol. The minimum atomic E-state index is -0.909. The van der Waals surface area contributed by atoms with Crippen molar-refractivity contribution in [3.8, 4) is 5.75 Å². The number of likely N-dealkylation sites (tertiary alicyclic amines) is 1. The Morgan fingerprint density at radius 1 is 1.22 bits per heavy atom. The molecule has 0 aromatic heterocycles. The monoisotopic (exact) mass is 376 g/mol. The summed E-state index contributed by atoms with van der Waals surface area (Å²) in [4.78, 5) is 39.0. The van der Waals surface area contributed by atoms with Crippen molar-refractivity contribution in [3.63, 3.8) is 0 Å². The molecule has 2 rings (SSSR count). The molecule has 1 aliphatic heterocycles. The maximum atomic E-state index is 12.5. The van der Waals surface area contributed by atoms with Crippen molar-refractivity contribution >= 4 is 17.8 Å². The predicted octanol–water partition coefficient (Wildman–Crippen LogP) is 1.87. The van der Waals surface area contributed by atoms with Gasteiger partial charge in [-0.3, -0.25) is 14.4 Å². The van der Waals surface area contributed by atoms with Gasteiger partial charge >= 0.3 is 5.97 Å². The van der Waals surface area contributed by atoms with E-state index in [0.717, 1.165) is 5.75 Å². The number of aliphatic carboxylic acids is 1. The van der Waals surface area contributed by atoms with E-state index in [4.69, 9.17) is 9.84 Å². The zero-order valence-corrected chi connectivity index (χ0v) is 16.0. The van der Waals surface area contributed by atoms with Gasteiger partial charge in [-0.15, -0.1) is 0 Å². The molecule has 0 radical (unpaired) electrons. The molecule has 1 heterocycles. The molecular formula is C20H28N2O5. The van der Waals surface area contributed by atoms with E-state index in [1.54, 1.807) is 18.9 Å². The van der Waals surface area contributed by atoms with Gasteiger partial charge in [0.15, 0.2) is 0 Å². The zero-order valence-electron chi connectivity index (χ0n) is 16.0. The Morgan fingerprint density at radius 2 is 1.85 bits per heavy atom. The summed E-state index contributed by atoms with van der Waals surface area (Å²) < 4.78 is 5.56. The highest BCUT2D eigenvalue weighted by atomic mass is 16.5. The summed E-state index contributed by atoms with van der Waals surface area (Å²) in [6.07, 6.45) is 1.52. The number of carboxylic acid groups (broad SMARTS) is 1. The fraction of sp³-hybridized carbons (Fsp3) is 0.550. The van der Waals surface area contributed by atoms with E-state index in [9.17, 15) is 14.4 Å². The summed E-state index contributed by atoms with van der Waals surface area (Å²) in [6, 6.07) is 9.37. The van der Waals surface area contributed by atoms with E-state index in [0.29, 0.717) is 39.0 Å². The number of carbonyl (C=O) groups excluding carboxylic acids is 2. The SMILES string of the molecule is CC(CN(C)C(=O)C1CCN(C(=O)CCOc2ccccc2)CC1)C(=O)O. The van der Waals surface area contributed by atoms with E-state index in [1.165, 1.54) is 4.90 Å². The summed E-state index contributed by atoms with van der Waals surface area (Å²) in [7, 11) is 1.64. The van der Waals surface area contributed by atoms with Crippen LogP contribution in [0.1, 0.15) is 26.2 Å². The zero-order chi connectivity index (χ0) is 19.8. The third-order valence-electron chi connectivity index (χ3n) is 4.87. The standard InChI is InChI=1S/C20H28N2O5/c1-15(20(25)26)14-21(2)19(24)16-8-11-22(12-9-16)18(23)10-13-27-17-6-4-3-5-7-17/h3-7,15-16H,8-14H2,1-2H3,(H,25,26). The smallest absolute Gasteiger partial charge is 0.308 e. The molecule has 1 unspecified atom stereocenters. The van der Waals surface area contributed by atoms with Crippen LogP contribution in [-0.4, -0.2) is 66.0 Å². The molecule has 2 amide bonds. The molecule has 148 valence electrons. The molecule has 0 aliphatic carbocycles. The first-order chi connectivity index (χ1) is 12.9. The van der Waals surface area contributed by atoms with Gasteiger partial charge in [-0.25, -0.2) is 0 Å². The van der Waals surface area contributed by atoms with Crippen molar-refractivity contribution in [1.29, 1.82) is 0 Å². The number of amides is 2. The number of para-hydroxylation sites is 1. The van der Waals surface area contributed by atoms with E-state index >= 15 is 0 Å². The lowest BCUT2D eigenvalue weighted by Crippen LogP contribution is -2.44. The molecule has 0 bridgehead atoms. The highest BCUT2D eigenvalue weighted by Crippen LogP contribution is 2.20. The van der Waals surface area contributed by atoms with Crippen LogP contribution in [0.4, 0.5) is 0 Å². The van der Waals surface area contributed by atoms with Crippen molar-refractivity contribution in [2.75, 3.05) is 33.3 Å². The summed E-state index contributed by atoms with van der Waals surface area (Å²) in [5.74, 6) is -0.917. The largest absolute Gasteiger partial charge is 0.493 e. The van der Waals surface area contributed by atoms with Gasteiger partial charge in [-0.2, -0.15) is 0 Å². The molecule has 1 N–H and O–H groups in total. The van der Waals surface area contributed by atoms with Crippen LogP contribution in [0, 0.1) is 11.8 Å². The van der Waals surface area contributed by atoms with Gasteiger partial charge in [0.1, 0.15) is 5.75 Å². The highest BCUT2D eigenvalue weighted by Gasteiger charge is 2.30. The lowest BCUT2D eigenvalue weighted by Gasteiger charge is -2.33. The number of carbonyl (C=O) groups is 3. The van der Waals surface area contributed by atoms with Crippen LogP contribution >= 0.6 is 0 Å². The Kier molecular flexibility index (Phi) is 7.64. The Bertz CT molecular complexity index is 641. The predicted molar refractivity (Wildman–Crippen MR) is 100 cm³/mol. The number of nitrogens with zero attached hydrogens (tertiary/aromatic N) is 2. The molecule has 1 aliphatic rings. The Balaban J connectivity index is 1.71. The number of rotatable bonds is 8. The van der Waals surface area contributed by atoms with Crippen LogP contribution < -0.4 is 4.74 Å². The summed E-state index contributed by atoms with van der Waals surface area (Å²) in [5.41, 5.74) is 0. The molecule has 1 saturated heterocycles. The lowest BCUT2D eigenvalue weighted by molar-refractivity contribution is -0.145. The second-order valence-corrected chi connectivity index (χ2v) is 7.02. The minimum absolute atomic E-state index is 0.0321. The summed E-state index contributed by atoms with van der Waals surface area (Å²) in [6.45, 7) is 3.21. The van der Waals surface area contributed by atoms with Gasteiger partial charge in [-0.05, 0) is 25.0 Å². The third-order valence-corrected chi connectivity index (χ3v) is 4.87. The van der Waals surface area contributed by atoms with Gasteiger partial charge in [0.25, 0.3) is 0 Å².